The van der Waals surface area contributed by atoms with Crippen LogP contribution in [0.1, 0.15) is 11.4 Å². The van der Waals surface area contributed by atoms with Crippen LogP contribution in [0, 0.1) is 24.1 Å². The summed E-state index contributed by atoms with van der Waals surface area (Å²) in [6, 6.07) is 6.85. The number of halogens is 1. The van der Waals surface area contributed by atoms with Crippen LogP contribution in [-0.2, 0) is 0 Å². The molecule has 1 heterocycles. The number of nitrogens with zero attached hydrogens (tertiary/aromatic N) is 4. The van der Waals surface area contributed by atoms with Gasteiger partial charge in [0.25, 0.3) is 0 Å². The van der Waals surface area contributed by atoms with Crippen LogP contribution in [0.3, 0.4) is 0 Å². The predicted octanol–water partition coefficient (Wildman–Crippen LogP) is 1.62. The third kappa shape index (κ3) is 2.32. The number of H-pyrrole nitrogens is 1. The van der Waals surface area contributed by atoms with Gasteiger partial charge in [-0.1, -0.05) is 12.1 Å². The second kappa shape index (κ2) is 5.05. The molecule has 2 rings (SSSR count). The van der Waals surface area contributed by atoms with Gasteiger partial charge in [0, 0.05) is 6.20 Å². The molecule has 0 saturated carbocycles. The minimum absolute atomic E-state index is 0.151. The molecule has 0 bridgehead atoms. The summed E-state index contributed by atoms with van der Waals surface area (Å²) in [5.74, 6) is -0.211. The molecule has 2 aromatic rings. The number of hydrogen-bond acceptors (Lipinski definition) is 5. The summed E-state index contributed by atoms with van der Waals surface area (Å²) < 4.78 is 13.7. The Kier molecular flexibility index (Phi) is 3.29. The summed E-state index contributed by atoms with van der Waals surface area (Å²) in [6.45, 7) is 1.66. The zero-order valence-electron chi connectivity index (χ0n) is 9.48. The number of aromatic nitrogens is 4. The third-order valence-corrected chi connectivity index (χ3v) is 2.27. The quantitative estimate of drug-likeness (QED) is 0.801. The highest BCUT2D eigenvalue weighted by Crippen LogP contribution is 2.18. The number of tetrazole rings is 1. The van der Waals surface area contributed by atoms with Crippen molar-refractivity contribution in [2.24, 2.45) is 0 Å². The number of aryl methyl sites for hydroxylation is 1. The third-order valence-electron chi connectivity index (χ3n) is 2.27. The monoisotopic (exact) mass is 244 g/mol. The lowest BCUT2D eigenvalue weighted by Gasteiger charge is -2.04. The molecule has 7 heteroatoms. The molecule has 0 fully saturated rings. The first-order valence-corrected chi connectivity index (χ1v) is 5.08. The van der Waals surface area contributed by atoms with Crippen LogP contribution in [0.2, 0.25) is 0 Å². The van der Waals surface area contributed by atoms with Crippen molar-refractivity contribution >= 4 is 11.3 Å². The average Bonchev–Trinajstić information content (AvgIpc) is 2.89. The Hall–Kier alpha value is -2.75. The first-order chi connectivity index (χ1) is 8.72. The summed E-state index contributed by atoms with van der Waals surface area (Å²) in [5.41, 5.74) is 0.961. The Morgan fingerprint density at radius 2 is 2.39 bits per heavy atom. The lowest BCUT2D eigenvalue weighted by molar-refractivity contribution is 0.622. The normalized spacial score (nSPS) is 11.1. The van der Waals surface area contributed by atoms with Gasteiger partial charge in [0.15, 0.2) is 0 Å². The van der Waals surface area contributed by atoms with E-state index < -0.39 is 0 Å². The van der Waals surface area contributed by atoms with Crippen molar-refractivity contribution in [3.8, 4) is 6.07 Å². The van der Waals surface area contributed by atoms with Gasteiger partial charge in [0.2, 0.25) is 5.82 Å². The molecule has 0 aliphatic heterocycles. The molecule has 6 nitrogen and oxygen atoms in total. The van der Waals surface area contributed by atoms with Gasteiger partial charge in [-0.05, 0) is 23.8 Å². The Bertz CT molecular complexity index is 611. The van der Waals surface area contributed by atoms with Crippen LogP contribution >= 0.6 is 0 Å². The van der Waals surface area contributed by atoms with Gasteiger partial charge in [0.05, 0.1) is 5.69 Å². The van der Waals surface area contributed by atoms with Gasteiger partial charge >= 0.3 is 0 Å². The van der Waals surface area contributed by atoms with E-state index in [1.165, 1.54) is 6.20 Å². The maximum atomic E-state index is 13.7. The van der Waals surface area contributed by atoms with Crippen molar-refractivity contribution in [1.82, 2.24) is 20.6 Å². The Morgan fingerprint density at radius 3 is 3.06 bits per heavy atom. The molecule has 0 aliphatic rings. The van der Waals surface area contributed by atoms with Gasteiger partial charge in [-0.3, -0.25) is 0 Å². The molecule has 0 aliphatic carbocycles. The second-order valence-electron chi connectivity index (χ2n) is 3.49. The SMILES string of the molecule is Cc1cccc(NC=C(C#N)c2nn[nH]n2)c1F. The van der Waals surface area contributed by atoms with E-state index >= 15 is 0 Å². The molecule has 1 aromatic carbocycles. The van der Waals surface area contributed by atoms with Crippen LogP contribution in [0.15, 0.2) is 24.4 Å². The van der Waals surface area contributed by atoms with Crippen molar-refractivity contribution in [3.63, 3.8) is 0 Å². The number of allylic oxidation sites excluding steroid dienone is 1. The minimum atomic E-state index is -0.362. The molecule has 18 heavy (non-hydrogen) atoms. The molecule has 0 atom stereocenters. The molecule has 0 unspecified atom stereocenters. The van der Waals surface area contributed by atoms with Gasteiger partial charge in [-0.2, -0.15) is 10.5 Å². The van der Waals surface area contributed by atoms with E-state index in [4.69, 9.17) is 5.26 Å². The molecular formula is C11H9FN6. The Balaban J connectivity index is 2.25. The fraction of sp³-hybridized carbons (Fsp3) is 0.0909. The van der Waals surface area contributed by atoms with Crippen LogP contribution in [0.25, 0.3) is 5.57 Å². The summed E-state index contributed by atoms with van der Waals surface area (Å²) in [6.07, 6.45) is 1.34. The van der Waals surface area contributed by atoms with Crippen molar-refractivity contribution in [2.45, 2.75) is 6.92 Å². The van der Waals surface area contributed by atoms with Crippen LogP contribution in [0.4, 0.5) is 10.1 Å². The first-order valence-electron chi connectivity index (χ1n) is 5.08. The number of aromatic amines is 1. The van der Waals surface area contributed by atoms with Crippen molar-refractivity contribution in [2.75, 3.05) is 5.32 Å². The topological polar surface area (TPSA) is 90.3 Å². The van der Waals surface area contributed by atoms with Gasteiger partial charge in [-0.25, -0.2) is 4.39 Å². The largest absolute Gasteiger partial charge is 0.358 e. The van der Waals surface area contributed by atoms with E-state index in [2.05, 4.69) is 25.9 Å². The predicted molar refractivity (Wildman–Crippen MR) is 62.5 cm³/mol. The van der Waals surface area contributed by atoms with Gasteiger partial charge in [-0.15, -0.1) is 10.2 Å². The highest BCUT2D eigenvalue weighted by Gasteiger charge is 2.07. The number of benzene rings is 1. The maximum Gasteiger partial charge on any atom is 0.216 e. The van der Waals surface area contributed by atoms with Crippen molar-refractivity contribution < 1.29 is 4.39 Å². The second-order valence-corrected chi connectivity index (χ2v) is 3.49. The first kappa shape index (κ1) is 11.7. The smallest absolute Gasteiger partial charge is 0.216 e. The lowest BCUT2D eigenvalue weighted by atomic mass is 10.2. The highest BCUT2D eigenvalue weighted by molar-refractivity contribution is 5.74. The van der Waals surface area contributed by atoms with E-state index in [1.54, 1.807) is 25.1 Å². The standard InChI is InChI=1S/C11H9FN6/c1-7-3-2-4-9(10(7)12)14-6-8(5-13)11-15-17-18-16-11/h2-4,6,14H,1H3,(H,15,16,17,18). The van der Waals surface area contributed by atoms with E-state index in [9.17, 15) is 4.39 Å². The van der Waals surface area contributed by atoms with E-state index in [1.807, 2.05) is 6.07 Å². The molecule has 1 aromatic heterocycles. The maximum absolute atomic E-state index is 13.7. The Morgan fingerprint density at radius 1 is 1.56 bits per heavy atom. The van der Waals surface area contributed by atoms with E-state index in [-0.39, 0.29) is 22.9 Å². The number of anilines is 1. The van der Waals surface area contributed by atoms with E-state index in [0.717, 1.165) is 0 Å². The zero-order chi connectivity index (χ0) is 13.0. The Labute approximate surface area is 102 Å². The summed E-state index contributed by atoms with van der Waals surface area (Å²) >= 11 is 0. The summed E-state index contributed by atoms with van der Waals surface area (Å²) in [7, 11) is 0. The lowest BCUT2D eigenvalue weighted by Crippen LogP contribution is -1.96. The van der Waals surface area contributed by atoms with Crippen LogP contribution in [-0.4, -0.2) is 20.6 Å². The molecule has 0 saturated heterocycles. The summed E-state index contributed by atoms with van der Waals surface area (Å²) in [4.78, 5) is 0. The molecular weight excluding hydrogens is 235 g/mol. The number of hydrogen-bond donors (Lipinski definition) is 2. The molecule has 0 radical (unpaired) electrons. The molecule has 0 amide bonds. The van der Waals surface area contributed by atoms with Crippen molar-refractivity contribution in [3.05, 3.63) is 41.6 Å². The number of nitrogens with one attached hydrogen (secondary N) is 2. The van der Waals surface area contributed by atoms with Gasteiger partial charge < -0.3 is 5.32 Å². The number of rotatable bonds is 3. The fourth-order valence-corrected chi connectivity index (χ4v) is 1.33. The highest BCUT2D eigenvalue weighted by atomic mass is 19.1. The van der Waals surface area contributed by atoms with E-state index in [0.29, 0.717) is 5.56 Å². The minimum Gasteiger partial charge on any atom is -0.358 e. The average molecular weight is 244 g/mol. The fourth-order valence-electron chi connectivity index (χ4n) is 1.33. The van der Waals surface area contributed by atoms with Crippen LogP contribution in [0.5, 0.6) is 0 Å². The summed E-state index contributed by atoms with van der Waals surface area (Å²) in [5, 5.41) is 24.6. The number of nitriles is 1. The molecule has 2 N–H and O–H groups in total. The van der Waals surface area contributed by atoms with Crippen molar-refractivity contribution in [1.29, 1.82) is 5.26 Å². The molecule has 90 valence electrons. The zero-order valence-corrected chi connectivity index (χ0v) is 9.48. The van der Waals surface area contributed by atoms with Crippen LogP contribution < -0.4 is 5.32 Å². The van der Waals surface area contributed by atoms with Gasteiger partial charge in [0.1, 0.15) is 17.5 Å². The molecule has 0 spiro atoms.